The number of benzene rings is 1. The van der Waals surface area contributed by atoms with Crippen LogP contribution in [0.5, 0.6) is 5.75 Å². The number of nitrogens with one attached hydrogen (secondary N) is 1. The van der Waals surface area contributed by atoms with Crippen LogP contribution in [0.4, 0.5) is 4.39 Å². The van der Waals surface area contributed by atoms with Crippen molar-refractivity contribution in [2.24, 2.45) is 5.92 Å². The van der Waals surface area contributed by atoms with Gasteiger partial charge in [0.1, 0.15) is 0 Å². The van der Waals surface area contributed by atoms with Gasteiger partial charge in [-0.15, -0.1) is 0 Å². The van der Waals surface area contributed by atoms with Crippen LogP contribution in [-0.4, -0.2) is 38.2 Å². The van der Waals surface area contributed by atoms with Gasteiger partial charge in [0.25, 0.3) is 0 Å². The van der Waals surface area contributed by atoms with Gasteiger partial charge >= 0.3 is 0 Å². The maximum Gasteiger partial charge on any atom is 0.169 e. The van der Waals surface area contributed by atoms with Crippen molar-refractivity contribution >= 4 is 0 Å². The summed E-state index contributed by atoms with van der Waals surface area (Å²) in [5.41, 5.74) is 0.717. The molecule has 1 fully saturated rings. The summed E-state index contributed by atoms with van der Waals surface area (Å²) in [6, 6.07) is 5.92. The largest absolute Gasteiger partial charge is 0.494 e. The molecule has 2 rings (SSSR count). The van der Waals surface area contributed by atoms with Crippen LogP contribution < -0.4 is 10.1 Å². The second kappa shape index (κ2) is 6.35. The lowest BCUT2D eigenvalue weighted by molar-refractivity contribution is 0.143. The number of rotatable bonds is 4. The Hall–Kier alpha value is -1.13. The van der Waals surface area contributed by atoms with Gasteiger partial charge < -0.3 is 10.1 Å². The van der Waals surface area contributed by atoms with E-state index in [9.17, 15) is 4.39 Å². The van der Waals surface area contributed by atoms with E-state index in [0.29, 0.717) is 24.3 Å². The molecular weight excluding hydrogens is 243 g/mol. The van der Waals surface area contributed by atoms with Crippen molar-refractivity contribution in [3.8, 4) is 5.75 Å². The summed E-state index contributed by atoms with van der Waals surface area (Å²) in [7, 11) is 3.52. The molecule has 19 heavy (non-hydrogen) atoms. The molecule has 0 bridgehead atoms. The molecule has 1 N–H and O–H groups in total. The minimum atomic E-state index is -0.228. The Kier molecular flexibility index (Phi) is 4.77. The quantitative estimate of drug-likeness (QED) is 0.904. The van der Waals surface area contributed by atoms with Crippen LogP contribution in [0.15, 0.2) is 18.2 Å². The monoisotopic (exact) mass is 266 g/mol. The average molecular weight is 266 g/mol. The van der Waals surface area contributed by atoms with Gasteiger partial charge in [-0.3, -0.25) is 4.90 Å². The van der Waals surface area contributed by atoms with Gasteiger partial charge in [0, 0.05) is 24.7 Å². The molecule has 0 radical (unpaired) electrons. The van der Waals surface area contributed by atoms with Crippen LogP contribution in [0.1, 0.15) is 18.9 Å². The summed E-state index contributed by atoms with van der Waals surface area (Å²) in [4.78, 5) is 2.32. The Balaban J connectivity index is 2.02. The molecule has 4 heteroatoms. The number of halogens is 1. The highest BCUT2D eigenvalue weighted by Crippen LogP contribution is 2.23. The molecule has 1 saturated heterocycles. The molecule has 0 amide bonds. The molecule has 1 aromatic rings. The molecule has 0 saturated carbocycles. The maximum atomic E-state index is 14.1. The smallest absolute Gasteiger partial charge is 0.169 e. The van der Waals surface area contributed by atoms with E-state index in [4.69, 9.17) is 4.74 Å². The van der Waals surface area contributed by atoms with E-state index in [-0.39, 0.29) is 5.82 Å². The molecular formula is C15H23FN2O. The Morgan fingerprint density at radius 2 is 2.26 bits per heavy atom. The molecule has 0 aromatic heterocycles. The maximum absolute atomic E-state index is 14.1. The SMILES string of the molecule is CNC1CCN(Cc2cccc(OC)c2F)CC1C. The van der Waals surface area contributed by atoms with Gasteiger partial charge in [-0.1, -0.05) is 19.1 Å². The zero-order valence-electron chi connectivity index (χ0n) is 11.9. The second-order valence-electron chi connectivity index (χ2n) is 5.33. The Labute approximate surface area is 114 Å². The van der Waals surface area contributed by atoms with Crippen molar-refractivity contribution < 1.29 is 9.13 Å². The Bertz CT molecular complexity index is 425. The third-order valence-electron chi connectivity index (χ3n) is 4.02. The highest BCUT2D eigenvalue weighted by molar-refractivity contribution is 5.31. The number of ether oxygens (including phenoxy) is 1. The van der Waals surface area contributed by atoms with E-state index in [1.165, 1.54) is 7.11 Å². The van der Waals surface area contributed by atoms with Crippen molar-refractivity contribution in [2.45, 2.75) is 25.9 Å². The normalized spacial score (nSPS) is 24.4. The zero-order valence-corrected chi connectivity index (χ0v) is 11.9. The Morgan fingerprint density at radius 1 is 1.47 bits per heavy atom. The number of likely N-dealkylation sites (tertiary alicyclic amines) is 1. The lowest BCUT2D eigenvalue weighted by Crippen LogP contribution is -2.46. The molecule has 1 aromatic carbocycles. The van der Waals surface area contributed by atoms with E-state index in [2.05, 4.69) is 17.1 Å². The van der Waals surface area contributed by atoms with Gasteiger partial charge in [-0.2, -0.15) is 0 Å². The predicted octanol–water partition coefficient (Wildman–Crippen LogP) is 2.26. The van der Waals surface area contributed by atoms with Crippen LogP contribution in [0, 0.1) is 11.7 Å². The lowest BCUT2D eigenvalue weighted by Gasteiger charge is -2.36. The third-order valence-corrected chi connectivity index (χ3v) is 4.02. The van der Waals surface area contributed by atoms with Crippen molar-refractivity contribution in [1.29, 1.82) is 0 Å². The molecule has 1 aliphatic rings. The molecule has 2 atom stereocenters. The molecule has 106 valence electrons. The van der Waals surface area contributed by atoms with Crippen molar-refractivity contribution in [3.05, 3.63) is 29.6 Å². The van der Waals surface area contributed by atoms with Crippen molar-refractivity contribution in [3.63, 3.8) is 0 Å². The fourth-order valence-corrected chi connectivity index (χ4v) is 2.88. The number of piperidine rings is 1. The molecule has 0 spiro atoms. The summed E-state index contributed by atoms with van der Waals surface area (Å²) < 4.78 is 19.1. The summed E-state index contributed by atoms with van der Waals surface area (Å²) in [5.74, 6) is 0.691. The lowest BCUT2D eigenvalue weighted by atomic mass is 9.93. The average Bonchev–Trinajstić information content (AvgIpc) is 2.41. The third kappa shape index (κ3) is 3.25. The molecule has 2 unspecified atom stereocenters. The molecule has 3 nitrogen and oxygen atoms in total. The topological polar surface area (TPSA) is 24.5 Å². The van der Waals surface area contributed by atoms with E-state index in [1.54, 1.807) is 6.07 Å². The van der Waals surface area contributed by atoms with E-state index in [0.717, 1.165) is 25.1 Å². The highest BCUT2D eigenvalue weighted by atomic mass is 19.1. The summed E-state index contributed by atoms with van der Waals surface area (Å²) >= 11 is 0. The highest BCUT2D eigenvalue weighted by Gasteiger charge is 2.25. The number of hydrogen-bond donors (Lipinski definition) is 1. The zero-order chi connectivity index (χ0) is 13.8. The van der Waals surface area contributed by atoms with Gasteiger partial charge in [-0.05, 0) is 32.0 Å². The van der Waals surface area contributed by atoms with E-state index < -0.39 is 0 Å². The van der Waals surface area contributed by atoms with Crippen molar-refractivity contribution in [2.75, 3.05) is 27.2 Å². The van der Waals surface area contributed by atoms with Gasteiger partial charge in [0.2, 0.25) is 0 Å². The van der Waals surface area contributed by atoms with Crippen LogP contribution in [0.2, 0.25) is 0 Å². The van der Waals surface area contributed by atoms with Crippen LogP contribution in [0.25, 0.3) is 0 Å². The summed E-state index contributed by atoms with van der Waals surface area (Å²) in [6.07, 6.45) is 1.11. The number of hydrogen-bond acceptors (Lipinski definition) is 3. The van der Waals surface area contributed by atoms with Crippen LogP contribution >= 0.6 is 0 Å². The first kappa shape index (κ1) is 14.3. The molecule has 1 aliphatic heterocycles. The first-order valence-corrected chi connectivity index (χ1v) is 6.86. The van der Waals surface area contributed by atoms with Crippen molar-refractivity contribution in [1.82, 2.24) is 10.2 Å². The fraction of sp³-hybridized carbons (Fsp3) is 0.600. The number of nitrogens with zero attached hydrogens (tertiary/aromatic N) is 1. The second-order valence-corrected chi connectivity index (χ2v) is 5.33. The first-order valence-electron chi connectivity index (χ1n) is 6.86. The predicted molar refractivity (Wildman–Crippen MR) is 74.9 cm³/mol. The molecule has 1 heterocycles. The fourth-order valence-electron chi connectivity index (χ4n) is 2.88. The van der Waals surface area contributed by atoms with Crippen LogP contribution in [-0.2, 0) is 6.54 Å². The van der Waals surface area contributed by atoms with Gasteiger partial charge in [0.05, 0.1) is 7.11 Å². The standard InChI is InChI=1S/C15H23FN2O/c1-11-9-18(8-7-13(11)17-2)10-12-5-4-6-14(19-3)15(12)16/h4-6,11,13,17H,7-10H2,1-3H3. The molecule has 0 aliphatic carbocycles. The van der Waals surface area contributed by atoms with Gasteiger partial charge in [-0.25, -0.2) is 4.39 Å². The summed E-state index contributed by atoms with van der Waals surface area (Å²) in [5, 5.41) is 3.35. The number of methoxy groups -OCH3 is 1. The Morgan fingerprint density at radius 3 is 2.89 bits per heavy atom. The minimum Gasteiger partial charge on any atom is -0.494 e. The van der Waals surface area contributed by atoms with Crippen LogP contribution in [0.3, 0.4) is 0 Å². The minimum absolute atomic E-state index is 0.228. The first-order chi connectivity index (χ1) is 9.15. The summed E-state index contributed by atoms with van der Waals surface area (Å²) in [6.45, 7) is 4.91. The van der Waals surface area contributed by atoms with E-state index >= 15 is 0 Å². The van der Waals surface area contributed by atoms with E-state index in [1.807, 2.05) is 19.2 Å². The van der Waals surface area contributed by atoms with Gasteiger partial charge in [0.15, 0.2) is 11.6 Å².